The van der Waals surface area contributed by atoms with E-state index in [4.69, 9.17) is 0 Å². The molecule has 2 rings (SSSR count). The minimum absolute atomic E-state index is 0.679. The highest BCUT2D eigenvalue weighted by atomic mass is 79.9. The van der Waals surface area contributed by atoms with Gasteiger partial charge in [0.1, 0.15) is 5.60 Å². The van der Waals surface area contributed by atoms with Crippen LogP contribution >= 0.6 is 15.9 Å². The van der Waals surface area contributed by atoms with Crippen LogP contribution in [0.3, 0.4) is 0 Å². The molecular formula is C12H19BrN2O. The number of hydrogen-bond acceptors (Lipinski definition) is 2. The van der Waals surface area contributed by atoms with E-state index in [1.54, 1.807) is 6.20 Å². The second kappa shape index (κ2) is 4.88. The van der Waals surface area contributed by atoms with Gasteiger partial charge in [-0.2, -0.15) is 5.10 Å². The molecule has 3 nitrogen and oxygen atoms in total. The van der Waals surface area contributed by atoms with Crippen molar-refractivity contribution in [1.29, 1.82) is 0 Å². The molecule has 1 saturated carbocycles. The first-order chi connectivity index (χ1) is 7.67. The molecule has 0 saturated heterocycles. The molecule has 0 aliphatic heterocycles. The number of aliphatic hydroxyl groups is 1. The molecule has 0 bridgehead atoms. The van der Waals surface area contributed by atoms with Crippen molar-refractivity contribution in [2.45, 2.75) is 57.6 Å². The first-order valence-electron chi connectivity index (χ1n) is 6.11. The van der Waals surface area contributed by atoms with Crippen LogP contribution in [0, 0.1) is 0 Å². The quantitative estimate of drug-likeness (QED) is 0.848. The first kappa shape index (κ1) is 12.1. The molecular weight excluding hydrogens is 268 g/mol. The van der Waals surface area contributed by atoms with Gasteiger partial charge in [-0.05, 0) is 35.7 Å². The molecule has 1 aliphatic carbocycles. The zero-order valence-corrected chi connectivity index (χ0v) is 11.3. The van der Waals surface area contributed by atoms with Crippen molar-refractivity contribution < 1.29 is 5.11 Å². The molecule has 1 heterocycles. The van der Waals surface area contributed by atoms with E-state index in [0.717, 1.165) is 42.4 Å². The number of nitrogens with zero attached hydrogens (tertiary/aromatic N) is 2. The maximum Gasteiger partial charge on any atom is 0.107 e. The summed E-state index contributed by atoms with van der Waals surface area (Å²) in [6.07, 6.45) is 8.20. The molecule has 0 radical (unpaired) electrons. The maximum atomic E-state index is 10.8. The smallest absolute Gasteiger partial charge is 0.107 e. The topological polar surface area (TPSA) is 38.0 Å². The van der Waals surface area contributed by atoms with E-state index in [-0.39, 0.29) is 0 Å². The van der Waals surface area contributed by atoms with Gasteiger partial charge >= 0.3 is 0 Å². The number of hydrogen-bond donors (Lipinski definition) is 1. The highest BCUT2D eigenvalue weighted by Gasteiger charge is 2.35. The van der Waals surface area contributed by atoms with Gasteiger partial charge in [0.2, 0.25) is 0 Å². The molecule has 0 atom stereocenters. The predicted octanol–water partition coefficient (Wildman–Crippen LogP) is 3.21. The van der Waals surface area contributed by atoms with Crippen molar-refractivity contribution in [1.82, 2.24) is 9.78 Å². The predicted molar refractivity (Wildman–Crippen MR) is 67.2 cm³/mol. The van der Waals surface area contributed by atoms with Crippen LogP contribution in [0.5, 0.6) is 0 Å². The molecule has 0 spiro atoms. The summed E-state index contributed by atoms with van der Waals surface area (Å²) in [6.45, 7) is 2.87. The van der Waals surface area contributed by atoms with Gasteiger partial charge in [-0.3, -0.25) is 4.68 Å². The Kier molecular flexibility index (Phi) is 3.70. The van der Waals surface area contributed by atoms with Crippen LogP contribution in [0.2, 0.25) is 0 Å². The van der Waals surface area contributed by atoms with E-state index in [2.05, 4.69) is 28.0 Å². The fourth-order valence-corrected chi connectivity index (χ4v) is 3.28. The standard InChI is InChI=1S/C12H19BrN2O/c1-2-15-11(10(13)9-14-15)12(16)7-5-3-4-6-8-12/h9,16H,2-8H2,1H3. The molecule has 1 aliphatic rings. The lowest BCUT2D eigenvalue weighted by Crippen LogP contribution is -2.28. The van der Waals surface area contributed by atoms with Crippen LogP contribution in [0.4, 0.5) is 0 Å². The van der Waals surface area contributed by atoms with Crippen LogP contribution < -0.4 is 0 Å². The summed E-state index contributed by atoms with van der Waals surface area (Å²) in [5.41, 5.74) is 0.291. The summed E-state index contributed by atoms with van der Waals surface area (Å²) < 4.78 is 2.86. The summed E-state index contributed by atoms with van der Waals surface area (Å²) in [6, 6.07) is 0. The highest BCUT2D eigenvalue weighted by molar-refractivity contribution is 9.10. The lowest BCUT2D eigenvalue weighted by molar-refractivity contribution is 0.0113. The average molecular weight is 287 g/mol. The second-order valence-electron chi connectivity index (χ2n) is 4.60. The summed E-state index contributed by atoms with van der Waals surface area (Å²) in [7, 11) is 0. The molecule has 4 heteroatoms. The van der Waals surface area contributed by atoms with Crippen molar-refractivity contribution in [3.63, 3.8) is 0 Å². The molecule has 16 heavy (non-hydrogen) atoms. The van der Waals surface area contributed by atoms with E-state index in [0.29, 0.717) is 0 Å². The SMILES string of the molecule is CCn1ncc(Br)c1C1(O)CCCCCC1. The van der Waals surface area contributed by atoms with Gasteiger partial charge in [0.05, 0.1) is 16.4 Å². The lowest BCUT2D eigenvalue weighted by atomic mass is 9.91. The summed E-state index contributed by atoms with van der Waals surface area (Å²) >= 11 is 3.51. The Bertz CT molecular complexity index is 354. The third-order valence-electron chi connectivity index (χ3n) is 3.47. The molecule has 1 aromatic heterocycles. The van der Waals surface area contributed by atoms with Gasteiger partial charge in [0.25, 0.3) is 0 Å². The molecule has 90 valence electrons. The third-order valence-corrected chi connectivity index (χ3v) is 4.05. The summed E-state index contributed by atoms with van der Waals surface area (Å²) in [5, 5.41) is 15.1. The van der Waals surface area contributed by atoms with Crippen LogP contribution in [0.25, 0.3) is 0 Å². The Morgan fingerprint density at radius 1 is 1.38 bits per heavy atom. The van der Waals surface area contributed by atoms with Crippen molar-refractivity contribution in [3.05, 3.63) is 16.4 Å². The number of aryl methyl sites for hydroxylation is 1. The van der Waals surface area contributed by atoms with Gasteiger partial charge in [0, 0.05) is 6.54 Å². The van der Waals surface area contributed by atoms with E-state index >= 15 is 0 Å². The number of halogens is 1. The van der Waals surface area contributed by atoms with E-state index in [1.165, 1.54) is 12.8 Å². The zero-order valence-electron chi connectivity index (χ0n) is 9.75. The number of aromatic nitrogens is 2. The van der Waals surface area contributed by atoms with Gasteiger partial charge in [0.15, 0.2) is 0 Å². The minimum atomic E-state index is -0.679. The van der Waals surface area contributed by atoms with E-state index in [9.17, 15) is 5.11 Å². The van der Waals surface area contributed by atoms with Crippen molar-refractivity contribution in [2.24, 2.45) is 0 Å². The fraction of sp³-hybridized carbons (Fsp3) is 0.750. The van der Waals surface area contributed by atoms with Gasteiger partial charge < -0.3 is 5.11 Å². The molecule has 0 unspecified atom stereocenters. The fourth-order valence-electron chi connectivity index (χ4n) is 2.62. The van der Waals surface area contributed by atoms with Gasteiger partial charge in [-0.25, -0.2) is 0 Å². The zero-order chi connectivity index (χ0) is 11.6. The van der Waals surface area contributed by atoms with Crippen LogP contribution in [-0.4, -0.2) is 14.9 Å². The monoisotopic (exact) mass is 286 g/mol. The molecule has 1 aromatic rings. The number of rotatable bonds is 2. The van der Waals surface area contributed by atoms with Crippen molar-refractivity contribution in [2.75, 3.05) is 0 Å². The minimum Gasteiger partial charge on any atom is -0.384 e. The van der Waals surface area contributed by atoms with Crippen molar-refractivity contribution >= 4 is 15.9 Å². The third kappa shape index (κ3) is 2.18. The Labute approximate surface area is 105 Å². The summed E-state index contributed by atoms with van der Waals surface area (Å²) in [4.78, 5) is 0. The van der Waals surface area contributed by atoms with E-state index in [1.807, 2.05) is 4.68 Å². The van der Waals surface area contributed by atoms with Gasteiger partial charge in [-0.15, -0.1) is 0 Å². The summed E-state index contributed by atoms with van der Waals surface area (Å²) in [5.74, 6) is 0. The second-order valence-corrected chi connectivity index (χ2v) is 5.46. The molecule has 0 aromatic carbocycles. The Morgan fingerprint density at radius 2 is 2.00 bits per heavy atom. The van der Waals surface area contributed by atoms with Crippen molar-refractivity contribution in [3.8, 4) is 0 Å². The van der Waals surface area contributed by atoms with Crippen LogP contribution in [0.1, 0.15) is 51.1 Å². The molecule has 0 amide bonds. The Morgan fingerprint density at radius 3 is 2.56 bits per heavy atom. The lowest BCUT2D eigenvalue weighted by Gasteiger charge is -2.27. The first-order valence-corrected chi connectivity index (χ1v) is 6.91. The average Bonchev–Trinajstić information content (AvgIpc) is 2.51. The Balaban J connectivity index is 2.35. The highest BCUT2D eigenvalue weighted by Crippen LogP contribution is 2.39. The largest absolute Gasteiger partial charge is 0.384 e. The molecule has 1 fully saturated rings. The maximum absolute atomic E-state index is 10.8. The van der Waals surface area contributed by atoms with Crippen LogP contribution in [0.15, 0.2) is 10.7 Å². The normalized spacial score (nSPS) is 20.7. The Hall–Kier alpha value is -0.350. The van der Waals surface area contributed by atoms with E-state index < -0.39 is 5.60 Å². The van der Waals surface area contributed by atoms with Crippen LogP contribution in [-0.2, 0) is 12.1 Å². The molecule has 1 N–H and O–H groups in total. The van der Waals surface area contributed by atoms with Gasteiger partial charge in [-0.1, -0.05) is 25.7 Å².